The molecule has 0 fully saturated rings. The van der Waals surface area contributed by atoms with Gasteiger partial charge in [-0.2, -0.15) is 0 Å². The maximum atomic E-state index is 11.8. The fourth-order valence-electron chi connectivity index (χ4n) is 1.42. The Balaban J connectivity index is 2.01. The van der Waals surface area contributed by atoms with Gasteiger partial charge in [-0.05, 0) is 46.6 Å². The molecular weight excluding hydrogens is 314 g/mol. The van der Waals surface area contributed by atoms with Gasteiger partial charge in [-0.15, -0.1) is 11.3 Å². The molecule has 0 saturated carbocycles. The third-order valence-corrected chi connectivity index (χ3v) is 4.15. The summed E-state index contributed by atoms with van der Waals surface area (Å²) in [6, 6.07) is 7.11. The van der Waals surface area contributed by atoms with Gasteiger partial charge < -0.3 is 10.5 Å². The van der Waals surface area contributed by atoms with Crippen LogP contribution in [0.1, 0.15) is 20.8 Å². The lowest BCUT2D eigenvalue weighted by Gasteiger charge is -2.05. The van der Waals surface area contributed by atoms with Crippen LogP contribution in [0.2, 0.25) is 0 Å². The van der Waals surface area contributed by atoms with E-state index in [1.54, 1.807) is 23.5 Å². The van der Waals surface area contributed by atoms with Gasteiger partial charge in [-0.25, -0.2) is 4.79 Å². The van der Waals surface area contributed by atoms with Crippen molar-refractivity contribution in [1.29, 1.82) is 0 Å². The zero-order valence-electron chi connectivity index (χ0n) is 9.77. The summed E-state index contributed by atoms with van der Waals surface area (Å²) in [5.41, 5.74) is 7.79. The van der Waals surface area contributed by atoms with Gasteiger partial charge in [0.05, 0.1) is 5.56 Å². The van der Waals surface area contributed by atoms with Crippen molar-refractivity contribution in [3.8, 4) is 0 Å². The van der Waals surface area contributed by atoms with E-state index in [0.717, 1.165) is 14.9 Å². The number of carbonyl (C=O) groups is 1. The van der Waals surface area contributed by atoms with Gasteiger partial charge in [0.1, 0.15) is 6.61 Å². The molecule has 0 spiro atoms. The van der Waals surface area contributed by atoms with Crippen LogP contribution in [0.15, 0.2) is 34.1 Å². The van der Waals surface area contributed by atoms with Crippen molar-refractivity contribution in [3.05, 3.63) is 50.1 Å². The molecule has 94 valence electrons. The summed E-state index contributed by atoms with van der Waals surface area (Å²) in [6.07, 6.45) is 0. The second-order valence-corrected chi connectivity index (χ2v) is 5.79. The van der Waals surface area contributed by atoms with Crippen molar-refractivity contribution >= 4 is 38.9 Å². The van der Waals surface area contributed by atoms with Gasteiger partial charge in [0.15, 0.2) is 0 Å². The molecule has 0 radical (unpaired) electrons. The molecule has 3 nitrogen and oxygen atoms in total. The van der Waals surface area contributed by atoms with Crippen LogP contribution in [0.4, 0.5) is 5.69 Å². The smallest absolute Gasteiger partial charge is 0.338 e. The largest absolute Gasteiger partial charge is 0.456 e. The lowest BCUT2D eigenvalue weighted by atomic mass is 10.1. The number of esters is 1. The van der Waals surface area contributed by atoms with E-state index < -0.39 is 0 Å². The predicted octanol–water partition coefficient (Wildman–Crippen LogP) is 3.76. The lowest BCUT2D eigenvalue weighted by molar-refractivity contribution is 0.0477. The fraction of sp³-hybridized carbons (Fsp3) is 0.154. The van der Waals surface area contributed by atoms with Gasteiger partial charge in [0.2, 0.25) is 0 Å². The van der Waals surface area contributed by atoms with E-state index in [1.807, 2.05) is 24.4 Å². The van der Waals surface area contributed by atoms with Crippen LogP contribution in [0.5, 0.6) is 0 Å². The molecule has 0 aliphatic rings. The van der Waals surface area contributed by atoms with E-state index in [9.17, 15) is 4.79 Å². The second kappa shape index (κ2) is 5.54. The number of hydrogen-bond donors (Lipinski definition) is 1. The highest BCUT2D eigenvalue weighted by Gasteiger charge is 2.09. The maximum absolute atomic E-state index is 11.8. The minimum atomic E-state index is -0.355. The molecule has 1 heterocycles. The zero-order chi connectivity index (χ0) is 13.1. The van der Waals surface area contributed by atoms with Gasteiger partial charge in [0.25, 0.3) is 0 Å². The highest BCUT2D eigenvalue weighted by Crippen LogP contribution is 2.21. The molecule has 2 aromatic rings. The van der Waals surface area contributed by atoms with Crippen LogP contribution in [-0.2, 0) is 11.3 Å². The minimum absolute atomic E-state index is 0.281. The Bertz CT molecular complexity index is 580. The molecule has 0 aliphatic carbocycles. The Morgan fingerprint density at radius 3 is 2.83 bits per heavy atom. The molecule has 0 atom stereocenters. The Morgan fingerprint density at radius 2 is 2.22 bits per heavy atom. The number of ether oxygens (including phenoxy) is 1. The first-order valence-corrected chi connectivity index (χ1v) is 6.99. The van der Waals surface area contributed by atoms with Crippen LogP contribution in [0.25, 0.3) is 0 Å². The molecule has 0 unspecified atom stereocenters. The molecule has 1 aromatic heterocycles. The highest BCUT2D eigenvalue weighted by atomic mass is 79.9. The average Bonchev–Trinajstić information content (AvgIpc) is 2.75. The average molecular weight is 326 g/mol. The van der Waals surface area contributed by atoms with Crippen molar-refractivity contribution in [3.63, 3.8) is 0 Å². The lowest BCUT2D eigenvalue weighted by Crippen LogP contribution is -2.05. The highest BCUT2D eigenvalue weighted by molar-refractivity contribution is 9.10. The molecule has 0 saturated heterocycles. The summed E-state index contributed by atoms with van der Waals surface area (Å²) in [6.45, 7) is 2.18. The summed E-state index contributed by atoms with van der Waals surface area (Å²) in [7, 11) is 0. The van der Waals surface area contributed by atoms with E-state index in [4.69, 9.17) is 10.5 Å². The molecule has 0 bridgehead atoms. The Kier molecular flexibility index (Phi) is 4.04. The molecule has 5 heteroatoms. The minimum Gasteiger partial charge on any atom is -0.456 e. The Morgan fingerprint density at radius 1 is 1.44 bits per heavy atom. The van der Waals surface area contributed by atoms with Crippen LogP contribution in [0.3, 0.4) is 0 Å². The van der Waals surface area contributed by atoms with Gasteiger partial charge >= 0.3 is 5.97 Å². The maximum Gasteiger partial charge on any atom is 0.338 e. The summed E-state index contributed by atoms with van der Waals surface area (Å²) in [5.74, 6) is -0.355. The topological polar surface area (TPSA) is 52.3 Å². The zero-order valence-corrected chi connectivity index (χ0v) is 12.2. The van der Waals surface area contributed by atoms with E-state index in [1.165, 1.54) is 0 Å². The standard InChI is InChI=1S/C13H12BrNO2S/c1-8-2-3-9(4-12(8)15)13(16)17-6-11-5-10(14)7-18-11/h2-5,7H,6,15H2,1H3. The number of halogens is 1. The van der Waals surface area contributed by atoms with Crippen molar-refractivity contribution in [2.75, 3.05) is 5.73 Å². The first-order chi connectivity index (χ1) is 8.56. The number of benzene rings is 1. The summed E-state index contributed by atoms with van der Waals surface area (Å²) in [5, 5.41) is 1.95. The predicted molar refractivity (Wildman–Crippen MR) is 76.7 cm³/mol. The second-order valence-electron chi connectivity index (χ2n) is 3.88. The molecular formula is C13H12BrNO2S. The first-order valence-electron chi connectivity index (χ1n) is 5.32. The number of thiophene rings is 1. The monoisotopic (exact) mass is 325 g/mol. The number of rotatable bonds is 3. The van der Waals surface area contributed by atoms with Crippen LogP contribution in [0, 0.1) is 6.92 Å². The van der Waals surface area contributed by atoms with Crippen molar-refractivity contribution < 1.29 is 9.53 Å². The van der Waals surface area contributed by atoms with Crippen LogP contribution < -0.4 is 5.73 Å². The molecule has 2 rings (SSSR count). The number of anilines is 1. The summed E-state index contributed by atoms with van der Waals surface area (Å²) >= 11 is 4.90. The molecule has 2 N–H and O–H groups in total. The van der Waals surface area contributed by atoms with E-state index in [0.29, 0.717) is 11.3 Å². The number of aryl methyl sites for hydroxylation is 1. The van der Waals surface area contributed by atoms with Crippen LogP contribution in [-0.4, -0.2) is 5.97 Å². The third kappa shape index (κ3) is 3.11. The fourth-order valence-corrected chi connectivity index (χ4v) is 2.78. The molecule has 18 heavy (non-hydrogen) atoms. The Hall–Kier alpha value is -1.33. The third-order valence-electron chi connectivity index (χ3n) is 2.48. The Labute approximate surface area is 118 Å². The normalized spacial score (nSPS) is 10.3. The van der Waals surface area contributed by atoms with Gasteiger partial charge in [-0.3, -0.25) is 0 Å². The van der Waals surface area contributed by atoms with Crippen molar-refractivity contribution in [2.24, 2.45) is 0 Å². The number of hydrogen-bond acceptors (Lipinski definition) is 4. The summed E-state index contributed by atoms with van der Waals surface area (Å²) < 4.78 is 6.22. The van der Waals surface area contributed by atoms with Crippen LogP contribution >= 0.6 is 27.3 Å². The SMILES string of the molecule is Cc1ccc(C(=O)OCc2cc(Br)cs2)cc1N. The molecule has 0 amide bonds. The van der Waals surface area contributed by atoms with Gasteiger partial charge in [0, 0.05) is 20.4 Å². The van der Waals surface area contributed by atoms with E-state index in [-0.39, 0.29) is 12.6 Å². The molecule has 0 aliphatic heterocycles. The van der Waals surface area contributed by atoms with E-state index in [2.05, 4.69) is 15.9 Å². The quantitative estimate of drug-likeness (QED) is 0.690. The first kappa shape index (κ1) is 13.1. The van der Waals surface area contributed by atoms with Crippen molar-refractivity contribution in [1.82, 2.24) is 0 Å². The number of nitrogens with two attached hydrogens (primary N) is 1. The van der Waals surface area contributed by atoms with E-state index >= 15 is 0 Å². The summed E-state index contributed by atoms with van der Waals surface area (Å²) in [4.78, 5) is 12.8. The number of carbonyl (C=O) groups excluding carboxylic acids is 1. The van der Waals surface area contributed by atoms with Crippen molar-refractivity contribution in [2.45, 2.75) is 13.5 Å². The number of nitrogen functional groups attached to an aromatic ring is 1. The van der Waals surface area contributed by atoms with Gasteiger partial charge in [-0.1, -0.05) is 6.07 Å². The molecule has 1 aromatic carbocycles.